The fraction of sp³-hybridized carbons (Fsp3) is 0.167. The minimum absolute atomic E-state index is 0.187. The number of hydrogen-bond donors (Lipinski definition) is 1. The number of nitrogens with zero attached hydrogens (tertiary/aromatic N) is 2. The van der Waals surface area contributed by atoms with Gasteiger partial charge in [-0.1, -0.05) is 18.2 Å². The van der Waals surface area contributed by atoms with Crippen LogP contribution in [0.2, 0.25) is 5.28 Å². The zero-order valence-corrected chi connectivity index (χ0v) is 10.1. The van der Waals surface area contributed by atoms with Crippen LogP contribution in [0.5, 0.6) is 5.75 Å². The molecule has 0 radical (unpaired) electrons. The first-order valence-electron chi connectivity index (χ1n) is 5.27. The van der Waals surface area contributed by atoms with Gasteiger partial charge in [0.25, 0.3) is 0 Å². The van der Waals surface area contributed by atoms with Crippen molar-refractivity contribution in [3.8, 4) is 5.75 Å². The van der Waals surface area contributed by atoms with E-state index < -0.39 is 0 Å². The Morgan fingerprint density at radius 3 is 2.76 bits per heavy atom. The summed E-state index contributed by atoms with van der Waals surface area (Å²) in [6, 6.07) is 9.69. The van der Waals surface area contributed by atoms with Gasteiger partial charge in [0.15, 0.2) is 11.6 Å². The predicted molar refractivity (Wildman–Crippen MR) is 67.9 cm³/mol. The topological polar surface area (TPSA) is 47.0 Å². The Bertz CT molecular complexity index is 490. The molecular weight excluding hydrogens is 238 g/mol. The average Bonchev–Trinajstić information content (AvgIpc) is 2.34. The molecule has 2 rings (SSSR count). The molecule has 0 aliphatic carbocycles. The maximum Gasteiger partial charge on any atom is 0.224 e. The highest BCUT2D eigenvalue weighted by molar-refractivity contribution is 6.28. The van der Waals surface area contributed by atoms with E-state index >= 15 is 0 Å². The molecule has 2 aromatic rings. The molecule has 0 spiro atoms. The summed E-state index contributed by atoms with van der Waals surface area (Å²) in [5, 5.41) is 3.32. The molecule has 1 N–H and O–H groups in total. The first kappa shape index (κ1) is 11.7. The molecular formula is C12H12ClN3O. The number of hydrogen-bond acceptors (Lipinski definition) is 4. The van der Waals surface area contributed by atoms with Gasteiger partial charge in [-0.15, -0.1) is 0 Å². The number of rotatable bonds is 4. The number of para-hydroxylation sites is 1. The monoisotopic (exact) mass is 249 g/mol. The van der Waals surface area contributed by atoms with Gasteiger partial charge in [0.1, 0.15) is 0 Å². The molecule has 1 aromatic heterocycles. The van der Waals surface area contributed by atoms with Crippen molar-refractivity contribution in [1.29, 1.82) is 0 Å². The highest BCUT2D eigenvalue weighted by Crippen LogP contribution is 2.25. The van der Waals surface area contributed by atoms with Crippen molar-refractivity contribution in [2.75, 3.05) is 11.9 Å². The number of ether oxygens (including phenoxy) is 1. The molecule has 0 bridgehead atoms. The van der Waals surface area contributed by atoms with Gasteiger partial charge >= 0.3 is 0 Å². The molecule has 0 aliphatic rings. The molecule has 0 atom stereocenters. The van der Waals surface area contributed by atoms with Crippen LogP contribution >= 0.6 is 11.6 Å². The Hall–Kier alpha value is -1.81. The summed E-state index contributed by atoms with van der Waals surface area (Å²) >= 11 is 5.77. The van der Waals surface area contributed by atoms with Gasteiger partial charge in [0.2, 0.25) is 5.28 Å². The van der Waals surface area contributed by atoms with Gasteiger partial charge in [0, 0.05) is 5.69 Å². The lowest BCUT2D eigenvalue weighted by atomic mass is 10.3. The quantitative estimate of drug-likeness (QED) is 0.845. The van der Waals surface area contributed by atoms with Gasteiger partial charge in [-0.2, -0.15) is 4.98 Å². The van der Waals surface area contributed by atoms with E-state index in [4.69, 9.17) is 16.3 Å². The third kappa shape index (κ3) is 3.07. The minimum atomic E-state index is 0.187. The van der Waals surface area contributed by atoms with Gasteiger partial charge in [0.05, 0.1) is 12.8 Å². The molecule has 17 heavy (non-hydrogen) atoms. The Morgan fingerprint density at radius 2 is 2.06 bits per heavy atom. The maximum absolute atomic E-state index is 5.77. The highest BCUT2D eigenvalue weighted by Gasteiger charge is 2.07. The van der Waals surface area contributed by atoms with E-state index in [9.17, 15) is 0 Å². The SMILES string of the molecule is CCOc1cnc(Cl)nc1Nc1ccccc1. The minimum Gasteiger partial charge on any atom is -0.488 e. The summed E-state index contributed by atoms with van der Waals surface area (Å²) in [5.41, 5.74) is 0.920. The molecule has 4 nitrogen and oxygen atoms in total. The molecule has 1 aromatic carbocycles. The van der Waals surface area contributed by atoms with Crippen molar-refractivity contribution >= 4 is 23.1 Å². The van der Waals surface area contributed by atoms with E-state index in [0.717, 1.165) is 5.69 Å². The van der Waals surface area contributed by atoms with E-state index in [1.165, 1.54) is 0 Å². The van der Waals surface area contributed by atoms with E-state index in [1.54, 1.807) is 6.20 Å². The smallest absolute Gasteiger partial charge is 0.224 e. The van der Waals surface area contributed by atoms with Crippen LogP contribution in [0.4, 0.5) is 11.5 Å². The van der Waals surface area contributed by atoms with Crippen molar-refractivity contribution in [2.45, 2.75) is 6.92 Å². The van der Waals surface area contributed by atoms with Crippen molar-refractivity contribution in [3.63, 3.8) is 0 Å². The second kappa shape index (κ2) is 5.50. The molecule has 0 saturated carbocycles. The molecule has 0 aliphatic heterocycles. The third-order valence-corrected chi connectivity index (χ3v) is 2.24. The molecule has 5 heteroatoms. The predicted octanol–water partition coefficient (Wildman–Crippen LogP) is 3.27. The van der Waals surface area contributed by atoms with Crippen LogP contribution in [0.3, 0.4) is 0 Å². The van der Waals surface area contributed by atoms with Crippen molar-refractivity contribution in [1.82, 2.24) is 9.97 Å². The normalized spacial score (nSPS) is 10.0. The third-order valence-electron chi connectivity index (χ3n) is 2.06. The summed E-state index contributed by atoms with van der Waals surface area (Å²) in [6.45, 7) is 2.45. The van der Waals surface area contributed by atoms with E-state index in [1.807, 2.05) is 37.3 Å². The van der Waals surface area contributed by atoms with Crippen molar-refractivity contribution < 1.29 is 4.74 Å². The summed E-state index contributed by atoms with van der Waals surface area (Å²) in [5.74, 6) is 1.15. The van der Waals surface area contributed by atoms with Crippen LogP contribution in [0.25, 0.3) is 0 Å². The van der Waals surface area contributed by atoms with Gasteiger partial charge < -0.3 is 10.1 Å². The number of aromatic nitrogens is 2. The van der Waals surface area contributed by atoms with Crippen LogP contribution in [0, 0.1) is 0 Å². The lowest BCUT2D eigenvalue weighted by molar-refractivity contribution is 0.339. The fourth-order valence-electron chi connectivity index (χ4n) is 1.36. The number of halogens is 1. The summed E-state index contributed by atoms with van der Waals surface area (Å²) in [4.78, 5) is 7.99. The highest BCUT2D eigenvalue weighted by atomic mass is 35.5. The van der Waals surface area contributed by atoms with Gasteiger partial charge in [-0.3, -0.25) is 0 Å². The standard InChI is InChI=1S/C12H12ClN3O/c1-2-17-10-8-14-12(13)16-11(10)15-9-6-4-3-5-7-9/h3-8H,2H2,1H3,(H,14,15,16). The van der Waals surface area contributed by atoms with E-state index in [2.05, 4.69) is 15.3 Å². The first-order valence-corrected chi connectivity index (χ1v) is 5.65. The molecule has 0 saturated heterocycles. The van der Waals surface area contributed by atoms with Crippen LogP contribution in [0.15, 0.2) is 36.5 Å². The molecule has 1 heterocycles. The van der Waals surface area contributed by atoms with Gasteiger partial charge in [-0.25, -0.2) is 4.98 Å². The van der Waals surface area contributed by atoms with Crippen LogP contribution in [-0.4, -0.2) is 16.6 Å². The number of anilines is 2. The van der Waals surface area contributed by atoms with E-state index in [-0.39, 0.29) is 5.28 Å². The average molecular weight is 250 g/mol. The second-order valence-electron chi connectivity index (χ2n) is 3.28. The van der Waals surface area contributed by atoms with Crippen LogP contribution in [0.1, 0.15) is 6.92 Å². The Balaban J connectivity index is 2.27. The Morgan fingerprint density at radius 1 is 1.29 bits per heavy atom. The van der Waals surface area contributed by atoms with Gasteiger partial charge in [-0.05, 0) is 30.7 Å². The van der Waals surface area contributed by atoms with Crippen molar-refractivity contribution in [2.24, 2.45) is 0 Å². The first-order chi connectivity index (χ1) is 8.29. The van der Waals surface area contributed by atoms with E-state index in [0.29, 0.717) is 18.2 Å². The Kier molecular flexibility index (Phi) is 3.77. The lowest BCUT2D eigenvalue weighted by Crippen LogP contribution is -2.01. The summed E-state index contributed by atoms with van der Waals surface area (Å²) < 4.78 is 5.42. The maximum atomic E-state index is 5.77. The van der Waals surface area contributed by atoms with Crippen LogP contribution < -0.4 is 10.1 Å². The molecule has 0 unspecified atom stereocenters. The largest absolute Gasteiger partial charge is 0.488 e. The van der Waals surface area contributed by atoms with Crippen molar-refractivity contribution in [3.05, 3.63) is 41.8 Å². The fourth-order valence-corrected chi connectivity index (χ4v) is 1.49. The number of nitrogens with one attached hydrogen (secondary N) is 1. The van der Waals surface area contributed by atoms with Crippen LogP contribution in [-0.2, 0) is 0 Å². The summed E-state index contributed by atoms with van der Waals surface area (Å²) in [6.07, 6.45) is 1.56. The lowest BCUT2D eigenvalue weighted by Gasteiger charge is -2.10. The summed E-state index contributed by atoms with van der Waals surface area (Å²) in [7, 11) is 0. The molecule has 0 amide bonds. The second-order valence-corrected chi connectivity index (χ2v) is 3.61. The zero-order valence-electron chi connectivity index (χ0n) is 9.35. The number of benzene rings is 1. The zero-order chi connectivity index (χ0) is 12.1. The molecule has 88 valence electrons. The Labute approximate surface area is 105 Å². The molecule has 0 fully saturated rings.